The fraction of sp³-hybridized carbons (Fsp3) is 0.176. The lowest BCUT2D eigenvalue weighted by Crippen LogP contribution is -1.87. The Balaban J connectivity index is 0.000000199. The van der Waals surface area contributed by atoms with Crippen molar-refractivity contribution in [3.05, 3.63) is 72.3 Å². The standard InChI is InChI=1S/C11H14.C6H6O/c1-4-10-7-5-6-8-11(10)9(2)3;7-6-4-2-1-3-5-6/h5-8H,2,4H2,1,3H3;1-5,7H. The highest BCUT2D eigenvalue weighted by Crippen LogP contribution is 2.16. The molecule has 2 rings (SSSR count). The van der Waals surface area contributed by atoms with Crippen molar-refractivity contribution in [2.75, 3.05) is 0 Å². The average Bonchev–Trinajstić information content (AvgIpc) is 2.40. The van der Waals surface area contributed by atoms with Crippen LogP contribution >= 0.6 is 0 Å². The molecule has 0 fully saturated rings. The molecule has 0 saturated carbocycles. The molecule has 0 radical (unpaired) electrons. The molecule has 0 bridgehead atoms. The molecule has 1 N–H and O–H groups in total. The van der Waals surface area contributed by atoms with Gasteiger partial charge in [-0.05, 0) is 36.6 Å². The van der Waals surface area contributed by atoms with E-state index in [1.807, 2.05) is 6.07 Å². The molecule has 0 aromatic heterocycles. The van der Waals surface area contributed by atoms with Crippen LogP contribution in [0.2, 0.25) is 0 Å². The zero-order valence-corrected chi connectivity index (χ0v) is 11.1. The lowest BCUT2D eigenvalue weighted by Gasteiger charge is -2.05. The molecule has 0 heterocycles. The number of hydrogen-bond acceptors (Lipinski definition) is 1. The van der Waals surface area contributed by atoms with E-state index in [-0.39, 0.29) is 0 Å². The third-order valence-electron chi connectivity index (χ3n) is 2.61. The first-order valence-electron chi connectivity index (χ1n) is 6.13. The van der Waals surface area contributed by atoms with E-state index >= 15 is 0 Å². The molecule has 0 aliphatic heterocycles. The van der Waals surface area contributed by atoms with E-state index < -0.39 is 0 Å². The van der Waals surface area contributed by atoms with E-state index in [0.29, 0.717) is 5.75 Å². The number of aromatic hydroxyl groups is 1. The minimum absolute atomic E-state index is 0.322. The number of hydrogen-bond donors (Lipinski definition) is 1. The predicted molar refractivity (Wildman–Crippen MR) is 78.6 cm³/mol. The molecule has 18 heavy (non-hydrogen) atoms. The number of aryl methyl sites for hydroxylation is 1. The molecule has 0 spiro atoms. The average molecular weight is 240 g/mol. The summed E-state index contributed by atoms with van der Waals surface area (Å²) >= 11 is 0. The lowest BCUT2D eigenvalue weighted by molar-refractivity contribution is 0.475. The molecule has 0 unspecified atom stereocenters. The van der Waals surface area contributed by atoms with Crippen molar-refractivity contribution in [3.63, 3.8) is 0 Å². The maximum atomic E-state index is 8.63. The summed E-state index contributed by atoms with van der Waals surface area (Å²) in [5.74, 6) is 0.322. The zero-order valence-electron chi connectivity index (χ0n) is 11.1. The van der Waals surface area contributed by atoms with Gasteiger partial charge < -0.3 is 5.11 Å². The molecular weight excluding hydrogens is 220 g/mol. The predicted octanol–water partition coefficient (Wildman–Crippen LogP) is 4.67. The SMILES string of the molecule is C=C(C)c1ccccc1CC.Oc1ccccc1. The Kier molecular flexibility index (Phi) is 5.72. The van der Waals surface area contributed by atoms with Crippen LogP contribution in [-0.2, 0) is 6.42 Å². The van der Waals surface area contributed by atoms with Gasteiger partial charge in [-0.3, -0.25) is 0 Å². The van der Waals surface area contributed by atoms with Crippen molar-refractivity contribution in [2.24, 2.45) is 0 Å². The maximum Gasteiger partial charge on any atom is 0.115 e. The zero-order chi connectivity index (χ0) is 13.4. The summed E-state index contributed by atoms with van der Waals surface area (Å²) in [6, 6.07) is 17.1. The van der Waals surface area contributed by atoms with E-state index in [1.165, 1.54) is 11.1 Å². The van der Waals surface area contributed by atoms with Crippen LogP contribution in [0.3, 0.4) is 0 Å². The largest absolute Gasteiger partial charge is 0.508 e. The van der Waals surface area contributed by atoms with E-state index in [2.05, 4.69) is 44.7 Å². The van der Waals surface area contributed by atoms with Gasteiger partial charge >= 0.3 is 0 Å². The van der Waals surface area contributed by atoms with Crippen LogP contribution in [0.25, 0.3) is 5.57 Å². The van der Waals surface area contributed by atoms with E-state index in [1.54, 1.807) is 24.3 Å². The Morgan fingerprint density at radius 2 is 1.56 bits per heavy atom. The van der Waals surface area contributed by atoms with Gasteiger partial charge in [0.15, 0.2) is 0 Å². The summed E-state index contributed by atoms with van der Waals surface area (Å²) < 4.78 is 0. The van der Waals surface area contributed by atoms with Crippen LogP contribution in [0.5, 0.6) is 5.75 Å². The van der Waals surface area contributed by atoms with Crippen molar-refractivity contribution < 1.29 is 5.11 Å². The summed E-state index contributed by atoms with van der Waals surface area (Å²) in [5.41, 5.74) is 3.84. The Hall–Kier alpha value is -2.02. The molecule has 0 atom stereocenters. The van der Waals surface area contributed by atoms with Gasteiger partial charge in [-0.1, -0.05) is 61.5 Å². The fourth-order valence-electron chi connectivity index (χ4n) is 1.67. The summed E-state index contributed by atoms with van der Waals surface area (Å²) in [5, 5.41) is 8.63. The third kappa shape index (κ3) is 4.46. The van der Waals surface area contributed by atoms with E-state index in [4.69, 9.17) is 5.11 Å². The van der Waals surface area contributed by atoms with E-state index in [9.17, 15) is 0 Å². The molecule has 2 aromatic rings. The maximum absolute atomic E-state index is 8.63. The summed E-state index contributed by atoms with van der Waals surface area (Å²) in [6.07, 6.45) is 1.09. The van der Waals surface area contributed by atoms with Crippen molar-refractivity contribution in [1.82, 2.24) is 0 Å². The number of para-hydroxylation sites is 1. The second-order valence-electron chi connectivity index (χ2n) is 4.13. The van der Waals surface area contributed by atoms with Gasteiger partial charge in [0.05, 0.1) is 0 Å². The molecule has 0 amide bonds. The van der Waals surface area contributed by atoms with Crippen LogP contribution in [0.4, 0.5) is 0 Å². The van der Waals surface area contributed by atoms with Gasteiger partial charge in [0.25, 0.3) is 0 Å². The summed E-state index contributed by atoms with van der Waals surface area (Å²) in [4.78, 5) is 0. The van der Waals surface area contributed by atoms with Gasteiger partial charge in [-0.2, -0.15) is 0 Å². The Morgan fingerprint density at radius 3 is 1.94 bits per heavy atom. The van der Waals surface area contributed by atoms with Gasteiger partial charge in [-0.15, -0.1) is 0 Å². The number of phenolic OH excluding ortho intramolecular Hbond substituents is 1. The summed E-state index contributed by atoms with van der Waals surface area (Å²) in [6.45, 7) is 8.15. The molecule has 2 aromatic carbocycles. The monoisotopic (exact) mass is 240 g/mol. The van der Waals surface area contributed by atoms with Crippen molar-refractivity contribution in [3.8, 4) is 5.75 Å². The van der Waals surface area contributed by atoms with E-state index in [0.717, 1.165) is 12.0 Å². The third-order valence-corrected chi connectivity index (χ3v) is 2.61. The Labute approximate surface area is 109 Å². The number of allylic oxidation sites excluding steroid dienone is 1. The lowest BCUT2D eigenvalue weighted by atomic mass is 10.0. The van der Waals surface area contributed by atoms with Gasteiger partial charge in [-0.25, -0.2) is 0 Å². The summed E-state index contributed by atoms with van der Waals surface area (Å²) in [7, 11) is 0. The first-order valence-corrected chi connectivity index (χ1v) is 6.13. The minimum atomic E-state index is 0.322. The van der Waals surface area contributed by atoms with Crippen LogP contribution < -0.4 is 0 Å². The van der Waals surface area contributed by atoms with Crippen LogP contribution in [0.1, 0.15) is 25.0 Å². The molecule has 0 aliphatic rings. The fourth-order valence-corrected chi connectivity index (χ4v) is 1.67. The number of phenols is 1. The quantitative estimate of drug-likeness (QED) is 0.808. The second kappa shape index (κ2) is 7.33. The van der Waals surface area contributed by atoms with Crippen LogP contribution in [0.15, 0.2) is 61.2 Å². The topological polar surface area (TPSA) is 20.2 Å². The molecule has 1 nitrogen and oxygen atoms in total. The van der Waals surface area contributed by atoms with Gasteiger partial charge in [0.1, 0.15) is 5.75 Å². The molecule has 0 saturated heterocycles. The number of rotatable bonds is 2. The highest BCUT2D eigenvalue weighted by molar-refractivity contribution is 5.64. The van der Waals surface area contributed by atoms with Crippen molar-refractivity contribution in [1.29, 1.82) is 0 Å². The molecular formula is C17H20O. The van der Waals surface area contributed by atoms with Gasteiger partial charge in [0, 0.05) is 0 Å². The minimum Gasteiger partial charge on any atom is -0.508 e. The highest BCUT2D eigenvalue weighted by Gasteiger charge is 1.97. The Morgan fingerprint density at radius 1 is 1.00 bits per heavy atom. The van der Waals surface area contributed by atoms with Crippen LogP contribution in [-0.4, -0.2) is 5.11 Å². The van der Waals surface area contributed by atoms with Crippen molar-refractivity contribution in [2.45, 2.75) is 20.3 Å². The normalized spacial score (nSPS) is 9.22. The molecule has 1 heteroatoms. The number of benzene rings is 2. The first-order chi connectivity index (χ1) is 8.65. The van der Waals surface area contributed by atoms with Crippen molar-refractivity contribution >= 4 is 5.57 Å². The van der Waals surface area contributed by atoms with Crippen LogP contribution in [0, 0.1) is 0 Å². The Bertz CT molecular complexity index is 486. The first kappa shape index (κ1) is 14.0. The smallest absolute Gasteiger partial charge is 0.115 e. The molecule has 94 valence electrons. The second-order valence-corrected chi connectivity index (χ2v) is 4.13. The van der Waals surface area contributed by atoms with Gasteiger partial charge in [0.2, 0.25) is 0 Å². The molecule has 0 aliphatic carbocycles. The highest BCUT2D eigenvalue weighted by atomic mass is 16.3.